The van der Waals surface area contributed by atoms with Gasteiger partial charge in [0, 0.05) is 36.9 Å². The van der Waals surface area contributed by atoms with Gasteiger partial charge < -0.3 is 14.5 Å². The van der Waals surface area contributed by atoms with Crippen LogP contribution in [0, 0.1) is 0 Å². The molecule has 2 aliphatic rings. The highest BCUT2D eigenvalue weighted by Gasteiger charge is 2.47. The minimum Gasteiger partial charge on any atom is -0.497 e. The van der Waals surface area contributed by atoms with Crippen molar-refractivity contribution in [1.82, 2.24) is 4.90 Å². The van der Waals surface area contributed by atoms with Crippen LogP contribution in [0.5, 0.6) is 5.75 Å². The Kier molecular flexibility index (Phi) is 5.49. The van der Waals surface area contributed by atoms with Crippen LogP contribution in [0.2, 0.25) is 5.02 Å². The van der Waals surface area contributed by atoms with Crippen LogP contribution < -0.4 is 9.64 Å². The number of hydrogen-bond donors (Lipinski definition) is 0. The van der Waals surface area contributed by atoms with E-state index in [4.69, 9.17) is 16.3 Å². The van der Waals surface area contributed by atoms with Crippen LogP contribution in [0.1, 0.15) is 31.2 Å². The maximum absolute atomic E-state index is 13.5. The summed E-state index contributed by atoms with van der Waals surface area (Å²) in [7, 11) is 1.68. The lowest BCUT2D eigenvalue weighted by Gasteiger charge is -2.44. The van der Waals surface area contributed by atoms with Gasteiger partial charge in [0.25, 0.3) is 0 Å². The number of anilines is 1. The standard InChI is InChI=1S/C23H27ClN2O2/c1-28-21-9-7-20(8-10-21)25-13-4-14-26(16-15-25)22(27)23(11-3-12-23)18-5-2-6-19(24)17-18/h2,5-10,17H,3-4,11-16H2,1H3. The Hall–Kier alpha value is -2.20. The number of hydrogen-bond acceptors (Lipinski definition) is 3. The van der Waals surface area contributed by atoms with Crippen LogP contribution in [0.4, 0.5) is 5.69 Å². The van der Waals surface area contributed by atoms with Gasteiger partial charge in [-0.15, -0.1) is 0 Å². The minimum atomic E-state index is -0.375. The van der Waals surface area contributed by atoms with Crippen molar-refractivity contribution in [3.63, 3.8) is 0 Å². The molecule has 0 N–H and O–H groups in total. The summed E-state index contributed by atoms with van der Waals surface area (Å²) >= 11 is 6.22. The van der Waals surface area contributed by atoms with Gasteiger partial charge in [-0.3, -0.25) is 4.79 Å². The van der Waals surface area contributed by atoms with E-state index in [-0.39, 0.29) is 11.3 Å². The predicted molar refractivity (Wildman–Crippen MR) is 113 cm³/mol. The summed E-state index contributed by atoms with van der Waals surface area (Å²) in [5.74, 6) is 1.14. The summed E-state index contributed by atoms with van der Waals surface area (Å²) in [6.45, 7) is 3.38. The zero-order chi connectivity index (χ0) is 19.6. The number of rotatable bonds is 4. The van der Waals surface area contributed by atoms with E-state index in [0.717, 1.165) is 63.2 Å². The Morgan fingerprint density at radius 1 is 1.00 bits per heavy atom. The van der Waals surface area contributed by atoms with Crippen molar-refractivity contribution in [1.29, 1.82) is 0 Å². The Morgan fingerprint density at radius 3 is 2.43 bits per heavy atom. The smallest absolute Gasteiger partial charge is 0.233 e. The summed E-state index contributed by atoms with van der Waals surface area (Å²) in [5.41, 5.74) is 1.89. The largest absolute Gasteiger partial charge is 0.497 e. The number of benzene rings is 2. The van der Waals surface area contributed by atoms with Crippen molar-refractivity contribution in [3.05, 3.63) is 59.1 Å². The molecule has 0 spiro atoms. The fourth-order valence-corrected chi connectivity index (χ4v) is 4.61. The van der Waals surface area contributed by atoms with Gasteiger partial charge in [0.2, 0.25) is 5.91 Å². The first-order chi connectivity index (χ1) is 13.6. The van der Waals surface area contributed by atoms with Gasteiger partial charge >= 0.3 is 0 Å². The zero-order valence-electron chi connectivity index (χ0n) is 16.4. The first-order valence-corrected chi connectivity index (χ1v) is 10.4. The van der Waals surface area contributed by atoms with E-state index in [1.54, 1.807) is 7.11 Å². The molecule has 28 heavy (non-hydrogen) atoms. The van der Waals surface area contributed by atoms with Gasteiger partial charge in [0.15, 0.2) is 0 Å². The summed E-state index contributed by atoms with van der Waals surface area (Å²) in [6.07, 6.45) is 3.92. The Balaban J connectivity index is 1.48. The van der Waals surface area contributed by atoms with Gasteiger partial charge in [-0.05, 0) is 61.2 Å². The van der Waals surface area contributed by atoms with Gasteiger partial charge in [-0.2, -0.15) is 0 Å². The van der Waals surface area contributed by atoms with Gasteiger partial charge in [0.1, 0.15) is 5.75 Å². The molecule has 1 saturated carbocycles. The highest BCUT2D eigenvalue weighted by Crippen LogP contribution is 2.46. The van der Waals surface area contributed by atoms with E-state index in [9.17, 15) is 4.79 Å². The molecule has 148 valence electrons. The molecule has 4 nitrogen and oxygen atoms in total. The van der Waals surface area contributed by atoms with Crippen LogP contribution >= 0.6 is 11.6 Å². The molecule has 2 fully saturated rings. The van der Waals surface area contributed by atoms with Gasteiger partial charge in [0.05, 0.1) is 12.5 Å². The van der Waals surface area contributed by atoms with Gasteiger partial charge in [-0.25, -0.2) is 0 Å². The second-order valence-corrected chi connectivity index (χ2v) is 8.21. The second kappa shape index (κ2) is 8.04. The zero-order valence-corrected chi connectivity index (χ0v) is 17.1. The van der Waals surface area contributed by atoms with Crippen LogP contribution in [0.25, 0.3) is 0 Å². The molecule has 1 amide bonds. The molecule has 1 aliphatic heterocycles. The number of nitrogens with zero attached hydrogens (tertiary/aromatic N) is 2. The number of carbonyl (C=O) groups is 1. The molecule has 0 unspecified atom stereocenters. The molecule has 2 aromatic carbocycles. The average molecular weight is 399 g/mol. The molecule has 0 radical (unpaired) electrons. The van der Waals surface area contributed by atoms with Gasteiger partial charge in [-0.1, -0.05) is 30.2 Å². The fourth-order valence-electron chi connectivity index (χ4n) is 4.42. The van der Waals surface area contributed by atoms with Crippen molar-refractivity contribution in [2.24, 2.45) is 0 Å². The maximum Gasteiger partial charge on any atom is 0.233 e. The summed E-state index contributed by atoms with van der Waals surface area (Å²) in [6, 6.07) is 16.0. The molecule has 5 heteroatoms. The monoisotopic (exact) mass is 398 g/mol. The van der Waals surface area contributed by atoms with Crippen molar-refractivity contribution in [3.8, 4) is 5.75 Å². The number of halogens is 1. The number of ether oxygens (including phenoxy) is 1. The molecule has 1 saturated heterocycles. The molecule has 4 rings (SSSR count). The molecular formula is C23H27ClN2O2. The van der Waals surface area contributed by atoms with Crippen LogP contribution in [0.3, 0.4) is 0 Å². The minimum absolute atomic E-state index is 0.276. The van der Waals surface area contributed by atoms with E-state index in [1.807, 2.05) is 30.3 Å². The predicted octanol–water partition coefficient (Wildman–Crippen LogP) is 4.51. The topological polar surface area (TPSA) is 32.8 Å². The van der Waals surface area contributed by atoms with E-state index in [1.165, 1.54) is 5.69 Å². The summed E-state index contributed by atoms with van der Waals surface area (Å²) in [4.78, 5) is 18.0. The number of carbonyl (C=O) groups excluding carboxylic acids is 1. The quantitative estimate of drug-likeness (QED) is 0.759. The third-order valence-electron chi connectivity index (χ3n) is 6.21. The van der Waals surface area contributed by atoms with Crippen LogP contribution in [-0.4, -0.2) is 44.1 Å². The molecular weight excluding hydrogens is 372 g/mol. The Bertz CT molecular complexity index is 833. The van der Waals surface area contributed by atoms with E-state index < -0.39 is 0 Å². The average Bonchev–Trinajstić information content (AvgIpc) is 2.93. The lowest BCUT2D eigenvalue weighted by atomic mass is 9.63. The highest BCUT2D eigenvalue weighted by atomic mass is 35.5. The summed E-state index contributed by atoms with van der Waals surface area (Å²) in [5, 5.41) is 0.707. The van der Waals surface area contributed by atoms with E-state index in [0.29, 0.717) is 5.02 Å². The third kappa shape index (κ3) is 3.58. The number of methoxy groups -OCH3 is 1. The Morgan fingerprint density at radius 2 is 1.79 bits per heavy atom. The normalized spacial score (nSPS) is 18.9. The van der Waals surface area contributed by atoms with E-state index in [2.05, 4.69) is 28.0 Å². The first-order valence-electron chi connectivity index (χ1n) is 10.1. The molecule has 0 atom stereocenters. The molecule has 2 aromatic rings. The summed E-state index contributed by atoms with van der Waals surface area (Å²) < 4.78 is 5.26. The second-order valence-electron chi connectivity index (χ2n) is 7.78. The van der Waals surface area contributed by atoms with Crippen molar-refractivity contribution >= 4 is 23.2 Å². The lowest BCUT2D eigenvalue weighted by Crippen LogP contribution is -2.52. The van der Waals surface area contributed by atoms with Crippen molar-refractivity contribution in [2.75, 3.05) is 38.2 Å². The molecule has 0 bridgehead atoms. The first kappa shape index (κ1) is 19.1. The molecule has 1 heterocycles. The highest BCUT2D eigenvalue weighted by molar-refractivity contribution is 6.30. The van der Waals surface area contributed by atoms with E-state index >= 15 is 0 Å². The maximum atomic E-state index is 13.5. The Labute approximate surface area is 172 Å². The lowest BCUT2D eigenvalue weighted by molar-refractivity contribution is -0.140. The SMILES string of the molecule is COc1ccc(N2CCCN(C(=O)C3(c4cccc(Cl)c4)CCC3)CC2)cc1. The number of amides is 1. The third-order valence-corrected chi connectivity index (χ3v) is 6.45. The van der Waals surface area contributed by atoms with Crippen LogP contribution in [0.15, 0.2) is 48.5 Å². The van der Waals surface area contributed by atoms with Crippen LogP contribution in [-0.2, 0) is 10.2 Å². The van der Waals surface area contributed by atoms with Crippen molar-refractivity contribution in [2.45, 2.75) is 31.1 Å². The molecule has 0 aromatic heterocycles. The fraction of sp³-hybridized carbons (Fsp3) is 0.435. The molecule has 1 aliphatic carbocycles. The van der Waals surface area contributed by atoms with Crippen molar-refractivity contribution < 1.29 is 9.53 Å².